The predicted molar refractivity (Wildman–Crippen MR) is 109 cm³/mol. The van der Waals surface area contributed by atoms with Crippen LogP contribution in [-0.2, 0) is 16.1 Å². The number of rotatable bonds is 5. The van der Waals surface area contributed by atoms with Crippen LogP contribution in [0.3, 0.4) is 0 Å². The van der Waals surface area contributed by atoms with Gasteiger partial charge >= 0.3 is 5.97 Å². The number of piperidine rings is 1. The maximum atomic E-state index is 12.8. The Bertz CT molecular complexity index is 997. The number of likely N-dealkylation sites (tertiary alicyclic amines) is 1. The van der Waals surface area contributed by atoms with Crippen molar-refractivity contribution in [3.63, 3.8) is 0 Å². The summed E-state index contributed by atoms with van der Waals surface area (Å²) < 4.78 is 16.5. The zero-order chi connectivity index (χ0) is 21.3. The highest BCUT2D eigenvalue weighted by Gasteiger charge is 2.33. The molecule has 158 valence electrons. The van der Waals surface area contributed by atoms with Gasteiger partial charge in [0.2, 0.25) is 5.78 Å². The lowest BCUT2D eigenvalue weighted by molar-refractivity contribution is -0.149. The smallest absolute Gasteiger partial charge is 0.309 e. The molecule has 7 nitrogen and oxygen atoms in total. The number of allylic oxidation sites excluding steroid dienone is 1. The standard InChI is InChI=1S/C23H25NO6/c1-3-28-23(27)15-8-10-24(11-9-15)13-18-19(25)7-6-17-21(26)20(30-22(17)18)12-16-5-4-14(2)29-16/h4-7,12,15,25H,3,8-11,13H2,1-2H3/b20-12+. The van der Waals surface area contributed by atoms with Gasteiger partial charge in [0.1, 0.15) is 23.0 Å². The van der Waals surface area contributed by atoms with Gasteiger partial charge in [-0.1, -0.05) is 0 Å². The van der Waals surface area contributed by atoms with Crippen molar-refractivity contribution in [1.82, 2.24) is 4.90 Å². The summed E-state index contributed by atoms with van der Waals surface area (Å²) in [4.78, 5) is 26.9. The molecule has 2 aromatic rings. The van der Waals surface area contributed by atoms with Gasteiger partial charge in [-0.25, -0.2) is 0 Å². The second kappa shape index (κ2) is 8.36. The van der Waals surface area contributed by atoms with E-state index >= 15 is 0 Å². The Labute approximate surface area is 174 Å². The van der Waals surface area contributed by atoms with E-state index in [1.165, 1.54) is 6.07 Å². The van der Waals surface area contributed by atoms with E-state index < -0.39 is 0 Å². The molecule has 0 saturated carbocycles. The SMILES string of the molecule is CCOC(=O)C1CCN(Cc2c(O)ccc3c2O/C(=C/c2ccc(C)o2)C3=O)CC1. The van der Waals surface area contributed by atoms with E-state index in [9.17, 15) is 14.7 Å². The Kier molecular flexibility index (Phi) is 5.63. The number of furan rings is 1. The van der Waals surface area contributed by atoms with Gasteiger partial charge in [-0.15, -0.1) is 0 Å². The third kappa shape index (κ3) is 3.98. The molecule has 30 heavy (non-hydrogen) atoms. The Balaban J connectivity index is 1.50. The zero-order valence-electron chi connectivity index (χ0n) is 17.1. The number of ketones is 1. The maximum absolute atomic E-state index is 12.8. The van der Waals surface area contributed by atoms with Crippen molar-refractivity contribution < 1.29 is 28.6 Å². The van der Waals surface area contributed by atoms with Crippen molar-refractivity contribution in [2.24, 2.45) is 5.92 Å². The molecule has 0 aliphatic carbocycles. The van der Waals surface area contributed by atoms with Gasteiger partial charge in [0.25, 0.3) is 0 Å². The minimum Gasteiger partial charge on any atom is -0.507 e. The Morgan fingerprint density at radius 1 is 1.27 bits per heavy atom. The van der Waals surface area contributed by atoms with Crippen LogP contribution in [-0.4, -0.2) is 41.5 Å². The van der Waals surface area contributed by atoms with Crippen LogP contribution in [0.4, 0.5) is 0 Å². The summed E-state index contributed by atoms with van der Waals surface area (Å²) in [5.74, 6) is 1.47. The summed E-state index contributed by atoms with van der Waals surface area (Å²) in [5.41, 5.74) is 1.01. The van der Waals surface area contributed by atoms with Crippen LogP contribution in [0.2, 0.25) is 0 Å². The summed E-state index contributed by atoms with van der Waals surface area (Å²) in [6.07, 6.45) is 2.98. The van der Waals surface area contributed by atoms with Crippen molar-refractivity contribution in [2.75, 3.05) is 19.7 Å². The van der Waals surface area contributed by atoms with Crippen LogP contribution < -0.4 is 4.74 Å². The first-order valence-corrected chi connectivity index (χ1v) is 10.2. The van der Waals surface area contributed by atoms with E-state index in [0.717, 1.165) is 5.76 Å². The second-order valence-corrected chi connectivity index (χ2v) is 7.63. The number of Topliss-reactive ketones (excluding diaryl/α,β-unsaturated/α-hetero) is 1. The minimum absolute atomic E-state index is 0.0830. The molecule has 1 N–H and O–H groups in total. The number of fused-ring (bicyclic) bond motifs is 1. The van der Waals surface area contributed by atoms with Crippen LogP contribution in [0.25, 0.3) is 6.08 Å². The Hall–Kier alpha value is -3.06. The van der Waals surface area contributed by atoms with Gasteiger partial charge < -0.3 is 19.0 Å². The monoisotopic (exact) mass is 411 g/mol. The summed E-state index contributed by atoms with van der Waals surface area (Å²) >= 11 is 0. The van der Waals surface area contributed by atoms with Crippen LogP contribution >= 0.6 is 0 Å². The van der Waals surface area contributed by atoms with Crippen LogP contribution in [0.5, 0.6) is 11.5 Å². The van der Waals surface area contributed by atoms with Gasteiger partial charge in [-0.3, -0.25) is 14.5 Å². The first-order valence-electron chi connectivity index (χ1n) is 10.2. The number of nitrogens with zero attached hydrogens (tertiary/aromatic N) is 1. The molecule has 0 bridgehead atoms. The molecule has 2 aliphatic rings. The second-order valence-electron chi connectivity index (χ2n) is 7.63. The number of hydrogen-bond acceptors (Lipinski definition) is 7. The highest BCUT2D eigenvalue weighted by Crippen LogP contribution is 2.40. The molecule has 1 aromatic carbocycles. The summed E-state index contributed by atoms with van der Waals surface area (Å²) in [5, 5.41) is 10.5. The molecule has 1 saturated heterocycles. The van der Waals surface area contributed by atoms with E-state index in [1.807, 2.05) is 19.9 Å². The predicted octanol–water partition coefficient (Wildman–Crippen LogP) is 3.68. The van der Waals surface area contributed by atoms with Crippen molar-refractivity contribution in [3.8, 4) is 11.5 Å². The quantitative estimate of drug-likeness (QED) is 0.593. The third-order valence-corrected chi connectivity index (χ3v) is 5.54. The average molecular weight is 411 g/mol. The van der Waals surface area contributed by atoms with Gasteiger partial charge in [-0.05, 0) is 64.0 Å². The molecule has 1 aromatic heterocycles. The van der Waals surface area contributed by atoms with Gasteiger partial charge in [-0.2, -0.15) is 0 Å². The number of aryl methyl sites for hydroxylation is 1. The van der Waals surface area contributed by atoms with Gasteiger partial charge in [0, 0.05) is 12.6 Å². The molecule has 7 heteroatoms. The fourth-order valence-corrected chi connectivity index (χ4v) is 3.92. The molecule has 0 amide bonds. The highest BCUT2D eigenvalue weighted by molar-refractivity contribution is 6.14. The molecule has 0 unspecified atom stereocenters. The number of benzene rings is 1. The highest BCUT2D eigenvalue weighted by atomic mass is 16.5. The average Bonchev–Trinajstić information content (AvgIpc) is 3.28. The van der Waals surface area contributed by atoms with Gasteiger partial charge in [0.15, 0.2) is 5.76 Å². The lowest BCUT2D eigenvalue weighted by Gasteiger charge is -2.31. The molecule has 0 atom stereocenters. The molecule has 2 aliphatic heterocycles. The largest absolute Gasteiger partial charge is 0.507 e. The molecule has 0 radical (unpaired) electrons. The molecule has 0 spiro atoms. The van der Waals surface area contributed by atoms with E-state index in [4.69, 9.17) is 13.9 Å². The Morgan fingerprint density at radius 3 is 2.70 bits per heavy atom. The molecule has 3 heterocycles. The minimum atomic E-state index is -0.235. The lowest BCUT2D eigenvalue weighted by atomic mass is 9.96. The summed E-state index contributed by atoms with van der Waals surface area (Å²) in [7, 11) is 0. The fourth-order valence-electron chi connectivity index (χ4n) is 3.92. The number of hydrogen-bond donors (Lipinski definition) is 1. The number of phenolic OH excluding ortho intramolecular Hbond substituents is 1. The lowest BCUT2D eigenvalue weighted by Crippen LogP contribution is -2.36. The van der Waals surface area contributed by atoms with Gasteiger partial charge in [0.05, 0.1) is 23.7 Å². The van der Waals surface area contributed by atoms with Crippen molar-refractivity contribution in [1.29, 1.82) is 0 Å². The van der Waals surface area contributed by atoms with E-state index in [0.29, 0.717) is 61.7 Å². The molecular formula is C23H25NO6. The van der Waals surface area contributed by atoms with Crippen molar-refractivity contribution in [3.05, 3.63) is 52.7 Å². The number of phenols is 1. The zero-order valence-corrected chi connectivity index (χ0v) is 17.1. The van der Waals surface area contributed by atoms with Crippen molar-refractivity contribution >= 4 is 17.8 Å². The maximum Gasteiger partial charge on any atom is 0.309 e. The van der Waals surface area contributed by atoms with Crippen LogP contribution in [0.1, 0.15) is 47.2 Å². The van der Waals surface area contributed by atoms with E-state index in [1.54, 1.807) is 18.2 Å². The number of aromatic hydroxyl groups is 1. The first kappa shape index (κ1) is 20.2. The van der Waals surface area contributed by atoms with Crippen LogP contribution in [0.15, 0.2) is 34.4 Å². The summed E-state index contributed by atoms with van der Waals surface area (Å²) in [6, 6.07) is 6.70. The number of esters is 1. The molecular weight excluding hydrogens is 386 g/mol. The number of ether oxygens (including phenoxy) is 2. The number of carbonyl (C=O) groups excluding carboxylic acids is 2. The summed E-state index contributed by atoms with van der Waals surface area (Å²) in [6.45, 7) is 5.87. The molecule has 4 rings (SSSR count). The van der Waals surface area contributed by atoms with Crippen molar-refractivity contribution in [2.45, 2.75) is 33.2 Å². The first-order chi connectivity index (χ1) is 14.5. The van der Waals surface area contributed by atoms with Crippen LogP contribution in [0, 0.1) is 12.8 Å². The number of carbonyl (C=O) groups is 2. The Morgan fingerprint density at radius 2 is 2.03 bits per heavy atom. The normalized spacial score (nSPS) is 18.5. The molecule has 1 fully saturated rings. The van der Waals surface area contributed by atoms with E-state index in [-0.39, 0.29) is 29.2 Å². The fraction of sp³-hybridized carbons (Fsp3) is 0.391. The van der Waals surface area contributed by atoms with E-state index in [2.05, 4.69) is 4.90 Å². The third-order valence-electron chi connectivity index (χ3n) is 5.54. The topological polar surface area (TPSA) is 89.2 Å².